The van der Waals surface area contributed by atoms with Gasteiger partial charge in [0.05, 0.1) is 17.6 Å². The Morgan fingerprint density at radius 1 is 1.07 bits per heavy atom. The molecule has 0 spiro atoms. The van der Waals surface area contributed by atoms with Gasteiger partial charge in [-0.15, -0.1) is 0 Å². The van der Waals surface area contributed by atoms with Gasteiger partial charge in [0.2, 0.25) is 10.0 Å². The first-order valence-corrected chi connectivity index (χ1v) is 12.8. The molecule has 0 aliphatic heterocycles. The van der Waals surface area contributed by atoms with Gasteiger partial charge in [-0.25, -0.2) is 8.42 Å². The molecule has 0 amide bonds. The minimum absolute atomic E-state index is 0.0370. The second-order valence-corrected chi connectivity index (χ2v) is 10.6. The summed E-state index contributed by atoms with van der Waals surface area (Å²) in [7, 11) is -1.76. The molecule has 0 bridgehead atoms. The van der Waals surface area contributed by atoms with Crippen LogP contribution in [-0.4, -0.2) is 63.3 Å². The normalized spacial score (nSPS) is 20.3. The van der Waals surface area contributed by atoms with E-state index in [1.165, 1.54) is 10.7 Å². The highest BCUT2D eigenvalue weighted by Crippen LogP contribution is 2.28. The highest BCUT2D eigenvalue weighted by molar-refractivity contribution is 9.10. The van der Waals surface area contributed by atoms with E-state index in [0.29, 0.717) is 11.4 Å². The third-order valence-electron chi connectivity index (χ3n) is 5.54. The first-order valence-electron chi connectivity index (χ1n) is 10.6. The summed E-state index contributed by atoms with van der Waals surface area (Å²) < 4.78 is 34.1. The lowest BCUT2D eigenvalue weighted by Gasteiger charge is -2.34. The molecule has 29 heavy (non-hydrogen) atoms. The van der Waals surface area contributed by atoms with E-state index in [2.05, 4.69) is 21.2 Å². The Morgan fingerprint density at radius 2 is 1.72 bits per heavy atom. The fourth-order valence-corrected chi connectivity index (χ4v) is 5.38. The highest BCUT2D eigenvalue weighted by Gasteiger charge is 2.31. The van der Waals surface area contributed by atoms with Gasteiger partial charge in [-0.3, -0.25) is 0 Å². The fraction of sp³-hybridized carbons (Fsp3) is 0.714. The van der Waals surface area contributed by atoms with Gasteiger partial charge >= 0.3 is 0 Å². The maximum absolute atomic E-state index is 12.8. The van der Waals surface area contributed by atoms with Gasteiger partial charge in [-0.05, 0) is 69.3 Å². The summed E-state index contributed by atoms with van der Waals surface area (Å²) in [5.74, 6) is 0. The maximum atomic E-state index is 12.8. The van der Waals surface area contributed by atoms with Crippen LogP contribution in [0.3, 0.4) is 0 Å². The fourth-order valence-electron chi connectivity index (χ4n) is 3.70. The van der Waals surface area contributed by atoms with Crippen LogP contribution in [0.1, 0.15) is 51.4 Å². The largest absolute Gasteiger partial charge is 0.395 e. The Labute approximate surface area is 184 Å². The second-order valence-electron chi connectivity index (χ2n) is 7.66. The molecular formula is C21H35BrN2O4S. The van der Waals surface area contributed by atoms with Gasteiger partial charge in [-0.1, -0.05) is 28.8 Å². The molecule has 0 radical (unpaired) electrons. The van der Waals surface area contributed by atoms with Gasteiger partial charge in [0.25, 0.3) is 0 Å². The Bertz CT molecular complexity index is 676. The van der Waals surface area contributed by atoms with Crippen LogP contribution >= 0.6 is 15.9 Å². The quantitative estimate of drug-likeness (QED) is 0.413. The van der Waals surface area contributed by atoms with Gasteiger partial charge < -0.3 is 15.2 Å². The smallest absolute Gasteiger partial charge is 0.243 e. The zero-order valence-electron chi connectivity index (χ0n) is 17.4. The van der Waals surface area contributed by atoms with Crippen molar-refractivity contribution in [2.24, 2.45) is 0 Å². The van der Waals surface area contributed by atoms with Crippen LogP contribution in [0.25, 0.3) is 0 Å². The summed E-state index contributed by atoms with van der Waals surface area (Å²) in [5.41, 5.74) is 0. The summed E-state index contributed by atoms with van der Waals surface area (Å²) in [4.78, 5) is 0.341. The average Bonchev–Trinajstić information content (AvgIpc) is 2.73. The molecule has 1 aliphatic carbocycles. The average molecular weight is 491 g/mol. The number of ether oxygens (including phenoxy) is 1. The topological polar surface area (TPSA) is 78.9 Å². The lowest BCUT2D eigenvalue weighted by Crippen LogP contribution is -2.40. The molecule has 0 unspecified atom stereocenters. The molecule has 2 N–H and O–H groups in total. The van der Waals surface area contributed by atoms with Crippen LogP contribution in [-0.2, 0) is 14.8 Å². The van der Waals surface area contributed by atoms with Gasteiger partial charge in [0.15, 0.2) is 0 Å². The van der Waals surface area contributed by atoms with Crippen molar-refractivity contribution in [1.82, 2.24) is 9.62 Å². The molecule has 1 fully saturated rings. The van der Waals surface area contributed by atoms with E-state index in [9.17, 15) is 8.42 Å². The minimum Gasteiger partial charge on any atom is -0.395 e. The van der Waals surface area contributed by atoms with Crippen molar-refractivity contribution >= 4 is 26.0 Å². The number of halogens is 1. The van der Waals surface area contributed by atoms with Gasteiger partial charge in [-0.2, -0.15) is 4.31 Å². The predicted octanol–water partition coefficient (Wildman–Crippen LogP) is 3.54. The second kappa shape index (κ2) is 13.0. The Morgan fingerprint density at radius 3 is 2.38 bits per heavy atom. The Kier molecular flexibility index (Phi) is 11.1. The summed E-state index contributed by atoms with van der Waals surface area (Å²) in [5, 5.41) is 11.9. The number of hydrogen-bond donors (Lipinski definition) is 2. The molecular weight excluding hydrogens is 456 g/mol. The van der Waals surface area contributed by atoms with Gasteiger partial charge in [0.1, 0.15) is 0 Å². The zero-order valence-corrected chi connectivity index (χ0v) is 19.8. The molecule has 8 heteroatoms. The molecule has 1 aliphatic rings. The molecule has 6 nitrogen and oxygen atoms in total. The van der Waals surface area contributed by atoms with Crippen molar-refractivity contribution in [2.75, 3.05) is 33.4 Å². The van der Waals surface area contributed by atoms with E-state index in [4.69, 9.17) is 9.84 Å². The molecule has 1 aromatic rings. The van der Waals surface area contributed by atoms with E-state index < -0.39 is 10.0 Å². The maximum Gasteiger partial charge on any atom is 0.243 e. The first-order chi connectivity index (χ1) is 13.9. The van der Waals surface area contributed by atoms with Crippen molar-refractivity contribution in [3.05, 3.63) is 28.7 Å². The number of rotatable bonds is 13. The number of nitrogens with one attached hydrogen (secondary N) is 1. The number of nitrogens with zero attached hydrogens (tertiary/aromatic N) is 1. The lowest BCUT2D eigenvalue weighted by atomic mass is 9.93. The molecule has 0 heterocycles. The minimum atomic E-state index is -3.46. The van der Waals surface area contributed by atoms with Crippen molar-refractivity contribution in [2.45, 2.75) is 68.4 Å². The Balaban J connectivity index is 1.64. The molecule has 0 saturated heterocycles. The van der Waals surface area contributed by atoms with E-state index in [1.54, 1.807) is 31.3 Å². The number of hydrogen-bond acceptors (Lipinski definition) is 5. The summed E-state index contributed by atoms with van der Waals surface area (Å²) in [6.07, 6.45) is 8.29. The molecule has 166 valence electrons. The van der Waals surface area contributed by atoms with E-state index in [-0.39, 0.29) is 18.8 Å². The molecule has 1 saturated carbocycles. The third-order valence-corrected chi connectivity index (χ3v) is 7.99. The van der Waals surface area contributed by atoms with Crippen LogP contribution in [0.15, 0.2) is 33.6 Å². The van der Waals surface area contributed by atoms with Crippen LogP contribution in [0.2, 0.25) is 0 Å². The highest BCUT2D eigenvalue weighted by atomic mass is 79.9. The van der Waals surface area contributed by atoms with Crippen molar-refractivity contribution in [3.63, 3.8) is 0 Å². The summed E-state index contributed by atoms with van der Waals surface area (Å²) >= 11 is 3.35. The lowest BCUT2D eigenvalue weighted by molar-refractivity contribution is 0.0157. The predicted molar refractivity (Wildman–Crippen MR) is 120 cm³/mol. The van der Waals surface area contributed by atoms with Crippen LogP contribution in [0.4, 0.5) is 0 Å². The SMILES string of the molecule is CN(C1CCC(OCCCCCCNCCO)CC1)S(=O)(=O)c1ccc(Br)cc1. The third kappa shape index (κ3) is 8.26. The van der Waals surface area contributed by atoms with Gasteiger partial charge in [0, 0.05) is 30.7 Å². The monoisotopic (exact) mass is 490 g/mol. The summed E-state index contributed by atoms with van der Waals surface area (Å²) in [6, 6.07) is 6.85. The number of aliphatic hydroxyl groups is 1. The molecule has 1 aromatic carbocycles. The van der Waals surface area contributed by atoms with Crippen LogP contribution in [0, 0.1) is 0 Å². The number of sulfonamides is 1. The van der Waals surface area contributed by atoms with E-state index >= 15 is 0 Å². The standard InChI is InChI=1S/C21H35BrN2O4S/c1-24(29(26,27)21-12-6-18(22)7-13-21)19-8-10-20(11-9-19)28-17-5-3-2-4-14-23-15-16-25/h6-7,12-13,19-20,23,25H,2-5,8-11,14-17H2,1H3. The van der Waals surface area contributed by atoms with Crippen molar-refractivity contribution < 1.29 is 18.3 Å². The Hall–Kier alpha value is -0.510. The van der Waals surface area contributed by atoms with E-state index in [0.717, 1.165) is 62.6 Å². The van der Waals surface area contributed by atoms with Crippen LogP contribution in [0.5, 0.6) is 0 Å². The van der Waals surface area contributed by atoms with Crippen molar-refractivity contribution in [1.29, 1.82) is 0 Å². The number of benzene rings is 1. The van der Waals surface area contributed by atoms with E-state index in [1.807, 2.05) is 0 Å². The number of aliphatic hydroxyl groups excluding tert-OH is 1. The van der Waals surface area contributed by atoms with Crippen molar-refractivity contribution in [3.8, 4) is 0 Å². The van der Waals surface area contributed by atoms with Crippen LogP contribution < -0.4 is 5.32 Å². The summed E-state index contributed by atoms with van der Waals surface area (Å²) in [6.45, 7) is 2.61. The number of unbranched alkanes of at least 4 members (excludes halogenated alkanes) is 3. The molecule has 2 rings (SSSR count). The zero-order chi connectivity index (χ0) is 21.1. The molecule has 0 aromatic heterocycles. The first kappa shape index (κ1) is 24.8. The molecule has 0 atom stereocenters.